The number of hydrogen-bond acceptors (Lipinski definition) is 8. The van der Waals surface area contributed by atoms with Gasteiger partial charge in [0, 0.05) is 12.6 Å². The van der Waals surface area contributed by atoms with E-state index in [0.29, 0.717) is 25.7 Å². The molecule has 1 aliphatic carbocycles. The molecule has 0 aromatic carbocycles. The number of carbonyl (C=O) groups is 1. The highest BCUT2D eigenvalue weighted by Gasteiger charge is 2.40. The molecule has 1 saturated carbocycles. The monoisotopic (exact) mass is 474 g/mol. The summed E-state index contributed by atoms with van der Waals surface area (Å²) in [6.45, 7) is 0. The van der Waals surface area contributed by atoms with E-state index in [4.69, 9.17) is 0 Å². The van der Waals surface area contributed by atoms with E-state index in [1.807, 2.05) is 22.2 Å². The Morgan fingerprint density at radius 2 is 1.90 bits per heavy atom. The number of amides is 1. The number of aliphatic hydroxyl groups excluding tert-OH is 3. The Morgan fingerprint density at radius 3 is 2.55 bits per heavy atom. The molecule has 1 aliphatic rings. The third-order valence-corrected chi connectivity index (χ3v) is 7.06. The van der Waals surface area contributed by atoms with E-state index in [1.165, 1.54) is 17.6 Å². The number of hydrogen-bond donors (Lipinski definition) is 4. The van der Waals surface area contributed by atoms with Crippen molar-refractivity contribution in [1.29, 1.82) is 0 Å². The third-order valence-electron chi connectivity index (χ3n) is 5.69. The lowest BCUT2D eigenvalue weighted by molar-refractivity contribution is -0.119. The van der Waals surface area contributed by atoms with Crippen LogP contribution in [-0.4, -0.2) is 60.4 Å². The first-order valence-corrected chi connectivity index (χ1v) is 13.6. The molecular formula is C21H34N2O6S2. The van der Waals surface area contributed by atoms with Gasteiger partial charge in [0.15, 0.2) is 0 Å². The van der Waals surface area contributed by atoms with Crippen molar-refractivity contribution >= 4 is 38.5 Å². The van der Waals surface area contributed by atoms with Gasteiger partial charge in [-0.3, -0.25) is 9.52 Å². The Labute approximate surface area is 188 Å². The molecule has 1 heterocycles. The fourth-order valence-corrected chi connectivity index (χ4v) is 5.29. The Hall–Kier alpha value is -1.33. The highest BCUT2D eigenvalue weighted by atomic mass is 32.2. The molecule has 0 aliphatic heterocycles. The first kappa shape index (κ1) is 25.9. The quantitative estimate of drug-likeness (QED) is 0.256. The van der Waals surface area contributed by atoms with Crippen molar-refractivity contribution in [3.8, 4) is 0 Å². The molecule has 8 nitrogen and oxygen atoms in total. The van der Waals surface area contributed by atoms with Gasteiger partial charge in [0.05, 0.1) is 24.6 Å². The van der Waals surface area contributed by atoms with E-state index in [-0.39, 0.29) is 18.3 Å². The summed E-state index contributed by atoms with van der Waals surface area (Å²) in [7, 11) is -3.50. The zero-order chi connectivity index (χ0) is 22.9. The number of aliphatic hydroxyl groups is 3. The Kier molecular flexibility index (Phi) is 10.6. The summed E-state index contributed by atoms with van der Waals surface area (Å²) >= 11 is 1.50. The molecule has 31 heavy (non-hydrogen) atoms. The molecule has 5 atom stereocenters. The number of unbranched alkanes of at least 4 members (excludes halogenated alkanes) is 3. The van der Waals surface area contributed by atoms with Crippen LogP contribution in [0.3, 0.4) is 0 Å². The molecular weight excluding hydrogens is 440 g/mol. The van der Waals surface area contributed by atoms with Crippen molar-refractivity contribution in [2.24, 2.45) is 16.8 Å². The van der Waals surface area contributed by atoms with Gasteiger partial charge in [-0.15, -0.1) is 11.3 Å². The average Bonchev–Trinajstić information content (AvgIpc) is 3.27. The van der Waals surface area contributed by atoms with Crippen molar-refractivity contribution in [3.05, 3.63) is 17.5 Å². The van der Waals surface area contributed by atoms with Crippen molar-refractivity contribution in [3.63, 3.8) is 0 Å². The van der Waals surface area contributed by atoms with Crippen LogP contribution in [0.15, 0.2) is 22.5 Å². The average molecular weight is 475 g/mol. The van der Waals surface area contributed by atoms with Gasteiger partial charge in [-0.05, 0) is 61.5 Å². The van der Waals surface area contributed by atoms with Gasteiger partial charge in [0.1, 0.15) is 5.00 Å². The van der Waals surface area contributed by atoms with E-state index in [2.05, 4.69) is 4.99 Å². The molecule has 1 aromatic rings. The minimum Gasteiger partial charge on any atom is -0.393 e. The summed E-state index contributed by atoms with van der Waals surface area (Å²) in [5.41, 5.74) is 0. The van der Waals surface area contributed by atoms with Crippen LogP contribution >= 0.6 is 11.3 Å². The first-order valence-electron chi connectivity index (χ1n) is 10.8. The number of rotatable bonds is 13. The number of carbonyl (C=O) groups excluding carboxylic acids is 1. The topological polar surface area (TPSA) is 136 Å². The lowest BCUT2D eigenvalue weighted by Gasteiger charge is -2.24. The number of aliphatic imine (C=N–C) groups is 1. The molecule has 1 aromatic heterocycles. The molecule has 176 valence electrons. The highest BCUT2D eigenvalue weighted by molar-refractivity contribution is 7.89. The zero-order valence-corrected chi connectivity index (χ0v) is 19.5. The SMILES string of the molecule is CS(=O)(=O)NC(=O)CCCCCC[C@@H]1C(CCC(O)/C=N/c2cccs2)[C@H](O)C[C@@H]1O. The summed E-state index contributed by atoms with van der Waals surface area (Å²) in [6, 6.07) is 3.77. The largest absolute Gasteiger partial charge is 0.393 e. The normalized spacial score (nSPS) is 25.2. The Morgan fingerprint density at radius 1 is 1.23 bits per heavy atom. The smallest absolute Gasteiger partial charge is 0.233 e. The van der Waals surface area contributed by atoms with Gasteiger partial charge in [-0.1, -0.05) is 19.3 Å². The summed E-state index contributed by atoms with van der Waals surface area (Å²) in [6.07, 6.45) is 6.22. The lowest BCUT2D eigenvalue weighted by atomic mass is 9.85. The van der Waals surface area contributed by atoms with Crippen molar-refractivity contribution in [2.75, 3.05) is 6.26 Å². The van der Waals surface area contributed by atoms with Gasteiger partial charge >= 0.3 is 0 Å². The molecule has 0 spiro atoms. The van der Waals surface area contributed by atoms with Gasteiger partial charge in [0.2, 0.25) is 15.9 Å². The molecule has 1 amide bonds. The Balaban J connectivity index is 1.68. The number of thiophene rings is 1. The van der Waals surface area contributed by atoms with E-state index >= 15 is 0 Å². The molecule has 0 bridgehead atoms. The molecule has 1 fully saturated rings. The van der Waals surface area contributed by atoms with Crippen molar-refractivity contribution in [2.45, 2.75) is 76.1 Å². The van der Waals surface area contributed by atoms with E-state index in [9.17, 15) is 28.5 Å². The van der Waals surface area contributed by atoms with E-state index < -0.39 is 34.2 Å². The predicted octanol–water partition coefficient (Wildman–Crippen LogP) is 2.37. The number of sulfonamides is 1. The van der Waals surface area contributed by atoms with Gasteiger partial charge in [0.25, 0.3) is 0 Å². The number of nitrogens with zero attached hydrogens (tertiary/aromatic N) is 1. The molecule has 10 heteroatoms. The minimum atomic E-state index is -3.50. The first-order chi connectivity index (χ1) is 14.7. The second kappa shape index (κ2) is 12.6. The molecule has 2 unspecified atom stereocenters. The highest BCUT2D eigenvalue weighted by Crippen LogP contribution is 2.39. The summed E-state index contributed by atoms with van der Waals surface area (Å²) in [5.74, 6) is -0.552. The second-order valence-corrected chi connectivity index (χ2v) is 11.0. The minimum absolute atomic E-state index is 0.00929. The van der Waals surface area contributed by atoms with Crippen molar-refractivity contribution < 1.29 is 28.5 Å². The van der Waals surface area contributed by atoms with Crippen LogP contribution in [0.2, 0.25) is 0 Å². The predicted molar refractivity (Wildman–Crippen MR) is 122 cm³/mol. The Bertz CT molecular complexity index is 797. The molecule has 4 N–H and O–H groups in total. The number of nitrogens with one attached hydrogen (secondary N) is 1. The van der Waals surface area contributed by atoms with Crippen LogP contribution in [0.5, 0.6) is 0 Å². The maximum Gasteiger partial charge on any atom is 0.233 e. The lowest BCUT2D eigenvalue weighted by Crippen LogP contribution is -2.28. The standard InChI is InChI=1S/C21H34N2O6S2/c1-31(28,29)23-20(27)8-5-3-2-4-7-16-17(19(26)13-18(16)25)11-10-15(24)14-22-21-9-6-12-30-21/h6,9,12,14-19,24-26H,2-5,7-8,10-11,13H2,1H3,(H,23,27)/b22-14+/t15?,16-,17?,18+,19-/m1/s1. The fraction of sp³-hybridized carbons (Fsp3) is 0.714. The van der Waals surface area contributed by atoms with Gasteiger partial charge < -0.3 is 15.3 Å². The van der Waals surface area contributed by atoms with Crippen LogP contribution in [0.1, 0.15) is 57.8 Å². The van der Waals surface area contributed by atoms with Crippen LogP contribution in [0.4, 0.5) is 5.00 Å². The van der Waals surface area contributed by atoms with Gasteiger partial charge in [-0.2, -0.15) is 0 Å². The third kappa shape index (κ3) is 9.78. The van der Waals surface area contributed by atoms with Crippen molar-refractivity contribution in [1.82, 2.24) is 4.72 Å². The van der Waals surface area contributed by atoms with E-state index in [1.54, 1.807) is 0 Å². The maximum absolute atomic E-state index is 11.5. The fourth-order valence-electron chi connectivity index (χ4n) is 4.20. The van der Waals surface area contributed by atoms with Crippen LogP contribution < -0.4 is 4.72 Å². The summed E-state index contributed by atoms with van der Waals surface area (Å²) in [4.78, 5) is 15.7. The zero-order valence-electron chi connectivity index (χ0n) is 17.9. The maximum atomic E-state index is 11.5. The summed E-state index contributed by atoms with van der Waals surface area (Å²) < 4.78 is 24.0. The van der Waals surface area contributed by atoms with Gasteiger partial charge in [-0.25, -0.2) is 13.4 Å². The summed E-state index contributed by atoms with van der Waals surface area (Å²) in [5, 5.41) is 33.6. The van der Waals surface area contributed by atoms with Crippen LogP contribution in [-0.2, 0) is 14.8 Å². The second-order valence-electron chi connectivity index (χ2n) is 8.32. The van der Waals surface area contributed by atoms with Crippen LogP contribution in [0, 0.1) is 11.8 Å². The van der Waals surface area contributed by atoms with Crippen LogP contribution in [0.25, 0.3) is 0 Å². The van der Waals surface area contributed by atoms with E-state index in [0.717, 1.165) is 36.9 Å². The molecule has 0 saturated heterocycles. The molecule has 2 rings (SSSR count). The molecule has 0 radical (unpaired) electrons.